The predicted molar refractivity (Wildman–Crippen MR) is 430 cm³/mol. The van der Waals surface area contributed by atoms with Gasteiger partial charge in [0.15, 0.2) is 17.3 Å². The number of carbonyl (C=O) groups excluding carboxylic acids is 6. The first kappa shape index (κ1) is 75.1. The Kier molecular flexibility index (Phi) is 28.5. The van der Waals surface area contributed by atoms with E-state index in [2.05, 4.69) is 44.0 Å². The van der Waals surface area contributed by atoms with Gasteiger partial charge in [-0.2, -0.15) is 0 Å². The summed E-state index contributed by atoms with van der Waals surface area (Å²) in [5.74, 6) is -4.50. The van der Waals surface area contributed by atoms with Crippen molar-refractivity contribution in [3.63, 3.8) is 0 Å². The van der Waals surface area contributed by atoms with E-state index in [-0.39, 0.29) is 129 Å². The van der Waals surface area contributed by atoms with Gasteiger partial charge in [0.1, 0.15) is 58.0 Å². The predicted octanol–water partition coefficient (Wildman–Crippen LogP) is 17.8. The number of esters is 3. The summed E-state index contributed by atoms with van der Waals surface area (Å²) >= 11 is 24.7. The van der Waals surface area contributed by atoms with Gasteiger partial charge in [0.25, 0.3) is 16.7 Å². The van der Waals surface area contributed by atoms with Crippen LogP contribution in [0.25, 0.3) is 33.4 Å². The van der Waals surface area contributed by atoms with Crippen LogP contribution in [0.5, 0.6) is 17.2 Å². The molecular weight excluding hydrogens is 1580 g/mol. The third-order valence-corrected chi connectivity index (χ3v) is 16.7. The molecule has 0 aliphatic rings. The number of hydrogen-bond acceptors (Lipinski definition) is 16. The normalized spacial score (nSPS) is 13.1. The highest BCUT2D eigenvalue weighted by Crippen LogP contribution is 2.38. The number of methoxy groups -OCH3 is 3. The molecule has 0 aliphatic carbocycles. The standard InChI is InChI=1S/C27H28ClNO5.C23H20ClNO5.C20H22ClNO5.C7H7Br.C6H11BrO2/c1-17(30)20-12-11-19(28)14-21(20)22-15-25(31)29(16-24(22)33-5)23(26(32)34-27(2,3)4)13-18-9-7-6-8-10-18;1-14(26)17-9-8-16(24)11-18(17)19-12-22(27)25(13-21(19)30-2)20(23(28)29)10-15-6-4-3-5-7-15;1-12(23)14-7-6-13(21)8-15(14)16-9-18(24)22(10-17(16)26-5)11-19(25)27-20(2,3)4;8-6-7-4-2-1-3-5-7;1-6(2,3)9-5(8)4-7/h6-12,14-16,23H,13H2,1-5H3;3-9,11-13,20H,10H2,1-2H3,(H,28,29);6-10H,11H2,1-5H3;1-5H,6H2;4H2,1-3H3/i5D3;2D3;5D3;;. The number of nitrogens with zero attached hydrogens (tertiary/aromatic N) is 3. The van der Waals surface area contributed by atoms with Crippen LogP contribution in [0.1, 0.15) is 155 Å². The van der Waals surface area contributed by atoms with E-state index in [0.717, 1.165) is 55.2 Å². The third-order valence-electron chi connectivity index (χ3n) is 14.9. The molecule has 9 rings (SSSR count). The maximum atomic E-state index is 13.4. The molecule has 2 unspecified atom stereocenters. The Morgan fingerprint density at radius 1 is 0.435 bits per heavy atom. The lowest BCUT2D eigenvalue weighted by Gasteiger charge is -2.26. The fourth-order valence-electron chi connectivity index (χ4n) is 10.3. The third kappa shape index (κ3) is 27.5. The fourth-order valence-corrected chi connectivity index (χ4v) is 11.3. The highest BCUT2D eigenvalue weighted by Gasteiger charge is 2.31. The van der Waals surface area contributed by atoms with Gasteiger partial charge in [-0.1, -0.05) is 158 Å². The molecule has 572 valence electrons. The SMILES string of the molecule is BrCc1ccccc1.CC(C)(C)OC(=O)CBr.[2H]C([2H])([2H])Oc1cn(C(Cc2ccccc2)C(=O)O)c(=O)cc1-c1cc(Cl)ccc1C(C)=O.[2H]C([2H])([2H])Oc1cn(C(Cc2ccccc2)C(=O)OC(C)(C)C)c(=O)cc1-c1cc(Cl)ccc1C(C)=O.[2H]C([2H])([2H])Oc1cn(CC(=O)OC(C)(C)C)c(=O)cc1-c1cc(Cl)ccc1C(C)=O. The lowest BCUT2D eigenvalue weighted by Crippen LogP contribution is -2.36. The van der Waals surface area contributed by atoms with Gasteiger partial charge in [-0.25, -0.2) is 9.59 Å². The van der Waals surface area contributed by atoms with Gasteiger partial charge in [-0.3, -0.25) is 47.5 Å². The molecule has 0 saturated heterocycles. The van der Waals surface area contributed by atoms with Crippen LogP contribution in [0.4, 0.5) is 0 Å². The van der Waals surface area contributed by atoms with Crippen LogP contribution in [0, 0.1) is 0 Å². The van der Waals surface area contributed by atoms with Gasteiger partial charge >= 0.3 is 23.9 Å². The molecule has 0 amide bonds. The molecule has 1 N–H and O–H groups in total. The van der Waals surface area contributed by atoms with Crippen LogP contribution < -0.4 is 30.9 Å². The van der Waals surface area contributed by atoms with Crippen molar-refractivity contribution in [2.45, 2.75) is 137 Å². The molecule has 3 heterocycles. The number of hydrogen-bond donors (Lipinski definition) is 1. The molecule has 0 spiro atoms. The van der Waals surface area contributed by atoms with E-state index in [1.807, 2.05) is 57.2 Å². The number of carboxylic acid groups (broad SMARTS) is 1. The first-order chi connectivity index (χ1) is 54.1. The summed E-state index contributed by atoms with van der Waals surface area (Å²) in [6.07, 6.45) is 3.43. The zero-order valence-corrected chi connectivity index (χ0v) is 66.7. The van der Waals surface area contributed by atoms with Crippen molar-refractivity contribution in [2.75, 3.05) is 26.4 Å². The summed E-state index contributed by atoms with van der Waals surface area (Å²) in [5, 5.41) is 11.8. The van der Waals surface area contributed by atoms with Gasteiger partial charge in [0, 0.05) is 84.8 Å². The van der Waals surface area contributed by atoms with Crippen molar-refractivity contribution in [3.05, 3.63) is 262 Å². The molecule has 20 nitrogen and oxygen atoms in total. The Balaban J connectivity index is 0.000000284. The first-order valence-electron chi connectivity index (χ1n) is 37.5. The molecule has 0 fully saturated rings. The van der Waals surface area contributed by atoms with Crippen LogP contribution in [-0.2, 0) is 58.1 Å². The average Bonchev–Trinajstić information content (AvgIpc) is 0.784. The van der Waals surface area contributed by atoms with E-state index in [9.17, 15) is 53.1 Å². The largest absolute Gasteiger partial charge is 0.495 e. The van der Waals surface area contributed by atoms with E-state index < -0.39 is 85.5 Å². The van der Waals surface area contributed by atoms with E-state index in [4.69, 9.17) is 75.6 Å². The lowest BCUT2D eigenvalue weighted by atomic mass is 9.97. The number of aromatic nitrogens is 3. The lowest BCUT2D eigenvalue weighted by molar-refractivity contribution is -0.159. The number of benzene rings is 6. The monoisotopic (exact) mass is 1670 g/mol. The molecule has 25 heteroatoms. The number of aliphatic carboxylic acids is 1. The second-order valence-corrected chi connectivity index (χ2v) is 29.3. The summed E-state index contributed by atoms with van der Waals surface area (Å²) in [4.78, 5) is 124. The minimum Gasteiger partial charge on any atom is -0.495 e. The molecule has 0 aliphatic heterocycles. The Morgan fingerprint density at radius 3 is 1.08 bits per heavy atom. The zero-order chi connectivity index (χ0) is 88.0. The van der Waals surface area contributed by atoms with Crippen molar-refractivity contribution in [1.82, 2.24) is 13.7 Å². The van der Waals surface area contributed by atoms with Crippen molar-refractivity contribution in [1.29, 1.82) is 0 Å². The Morgan fingerprint density at radius 2 is 0.769 bits per heavy atom. The zero-order valence-electron chi connectivity index (χ0n) is 70.2. The van der Waals surface area contributed by atoms with Crippen molar-refractivity contribution < 1.29 is 79.4 Å². The highest BCUT2D eigenvalue weighted by atomic mass is 79.9. The maximum Gasteiger partial charge on any atom is 0.330 e. The number of ketones is 3. The number of carboxylic acids is 1. The van der Waals surface area contributed by atoms with E-state index in [0.29, 0.717) is 5.56 Å². The summed E-state index contributed by atoms with van der Waals surface area (Å²) in [6, 6.07) is 42.2. The molecule has 9 aromatic rings. The minimum atomic E-state index is -2.90. The topological polar surface area (TPSA) is 261 Å². The van der Waals surface area contributed by atoms with Crippen LogP contribution >= 0.6 is 66.7 Å². The number of ether oxygens (including phenoxy) is 6. The second kappa shape index (κ2) is 41.0. The maximum absolute atomic E-state index is 13.4. The summed E-state index contributed by atoms with van der Waals surface area (Å²) in [5.41, 5.74) is 0.395. The van der Waals surface area contributed by atoms with E-state index >= 15 is 0 Å². The molecule has 0 saturated carbocycles. The Bertz CT molecular complexity index is 5200. The van der Waals surface area contributed by atoms with Gasteiger partial charge in [0.2, 0.25) is 0 Å². The average molecular weight is 1670 g/mol. The van der Waals surface area contributed by atoms with E-state index in [1.165, 1.54) is 87.1 Å². The number of halogens is 5. The van der Waals surface area contributed by atoms with Gasteiger partial charge in [0.05, 0.1) is 52.0 Å². The Hall–Kier alpha value is -9.71. The second-order valence-electron chi connectivity index (χ2n) is 26.9. The minimum absolute atomic E-state index is 0.0154. The number of alkyl halides is 2. The van der Waals surface area contributed by atoms with Crippen molar-refractivity contribution in [3.8, 4) is 50.6 Å². The Labute approximate surface area is 672 Å². The summed E-state index contributed by atoms with van der Waals surface area (Å²) < 4.78 is 102. The fraction of sp³-hybridized carbons (Fsp3) is 0.301. The number of pyridine rings is 3. The summed E-state index contributed by atoms with van der Waals surface area (Å²) in [7, 11) is -8.62. The van der Waals surface area contributed by atoms with Crippen LogP contribution in [-0.4, -0.2) is 103 Å². The molecule has 0 bridgehead atoms. The van der Waals surface area contributed by atoms with Gasteiger partial charge < -0.3 is 38.1 Å². The number of rotatable bonds is 21. The van der Waals surface area contributed by atoms with Crippen LogP contribution in [0.15, 0.2) is 197 Å². The van der Waals surface area contributed by atoms with Crippen LogP contribution in [0.2, 0.25) is 15.1 Å². The van der Waals surface area contributed by atoms with E-state index in [1.54, 1.807) is 84.0 Å². The quantitative estimate of drug-likeness (QED) is 0.0303. The molecular formula is C83H88Br2Cl3N3O17. The van der Waals surface area contributed by atoms with Crippen molar-refractivity contribution >= 4 is 108 Å². The molecule has 0 radical (unpaired) electrons. The molecule has 108 heavy (non-hydrogen) atoms. The highest BCUT2D eigenvalue weighted by molar-refractivity contribution is 9.09. The number of carbonyl (C=O) groups is 7. The first-order valence-corrected chi connectivity index (χ1v) is 36.4. The molecule has 3 aromatic heterocycles. The van der Waals surface area contributed by atoms with Gasteiger partial charge in [-0.15, -0.1) is 0 Å². The van der Waals surface area contributed by atoms with Gasteiger partial charge in [-0.05, 0) is 171 Å². The number of Topliss-reactive ketones (excluding diaryl/α,β-unsaturated/α-hetero) is 3. The van der Waals surface area contributed by atoms with Crippen molar-refractivity contribution in [2.24, 2.45) is 0 Å². The van der Waals surface area contributed by atoms with Crippen LogP contribution in [0.3, 0.4) is 0 Å². The molecule has 6 aromatic carbocycles. The smallest absolute Gasteiger partial charge is 0.330 e. The summed E-state index contributed by atoms with van der Waals surface area (Å²) in [6.45, 7) is 19.3. The molecule has 2 atom stereocenters.